The van der Waals surface area contributed by atoms with Crippen LogP contribution in [0.15, 0.2) is 12.1 Å². The second-order valence-electron chi connectivity index (χ2n) is 6.41. The minimum absolute atomic E-state index is 0.299. The molecule has 6 heteroatoms. The number of carbonyl (C=O) groups excluding carboxylic acids is 1. The van der Waals surface area contributed by atoms with Crippen molar-refractivity contribution in [3.05, 3.63) is 22.7 Å². The molecule has 0 bridgehead atoms. The maximum absolute atomic E-state index is 11.4. The van der Waals surface area contributed by atoms with Crippen LogP contribution in [-0.2, 0) is 0 Å². The fourth-order valence-corrected chi connectivity index (χ4v) is 3.34. The summed E-state index contributed by atoms with van der Waals surface area (Å²) in [6.07, 6.45) is 4.45. The summed E-state index contributed by atoms with van der Waals surface area (Å²) >= 11 is 6.28. The quantitative estimate of drug-likeness (QED) is 0.744. The number of ether oxygens (including phenoxy) is 1. The van der Waals surface area contributed by atoms with Gasteiger partial charge >= 0.3 is 0 Å². The van der Waals surface area contributed by atoms with Crippen LogP contribution in [0.25, 0.3) is 0 Å². The van der Waals surface area contributed by atoms with Gasteiger partial charge in [-0.1, -0.05) is 25.4 Å². The fourth-order valence-electron chi connectivity index (χ4n) is 3.12. The van der Waals surface area contributed by atoms with Crippen molar-refractivity contribution in [2.45, 2.75) is 57.7 Å². The van der Waals surface area contributed by atoms with Crippen molar-refractivity contribution in [1.82, 2.24) is 5.32 Å². The summed E-state index contributed by atoms with van der Waals surface area (Å²) < 4.78 is 5.24. The van der Waals surface area contributed by atoms with Crippen molar-refractivity contribution in [2.75, 3.05) is 12.4 Å². The highest BCUT2D eigenvalue weighted by Crippen LogP contribution is 2.33. The zero-order valence-electron chi connectivity index (χ0n) is 14.0. The van der Waals surface area contributed by atoms with Crippen LogP contribution in [0, 0.1) is 0 Å². The molecule has 0 saturated heterocycles. The number of rotatable bonds is 6. The number of nitrogens with one attached hydrogen (secondary N) is 2. The number of hydrogen-bond donors (Lipinski definition) is 3. The normalized spacial score (nSPS) is 21.3. The zero-order chi connectivity index (χ0) is 17.0. The van der Waals surface area contributed by atoms with Crippen LogP contribution < -0.4 is 21.1 Å². The number of halogens is 1. The van der Waals surface area contributed by atoms with Gasteiger partial charge in [0.05, 0.1) is 23.4 Å². The Labute approximate surface area is 142 Å². The number of primary amides is 1. The van der Waals surface area contributed by atoms with Gasteiger partial charge in [0.25, 0.3) is 5.91 Å². The monoisotopic (exact) mass is 339 g/mol. The molecule has 5 nitrogen and oxygen atoms in total. The minimum atomic E-state index is -0.546. The molecule has 23 heavy (non-hydrogen) atoms. The van der Waals surface area contributed by atoms with Gasteiger partial charge in [-0.3, -0.25) is 4.79 Å². The number of carbonyl (C=O) groups is 1. The summed E-state index contributed by atoms with van der Waals surface area (Å²) in [6.45, 7) is 4.35. The van der Waals surface area contributed by atoms with Crippen LogP contribution in [0.5, 0.6) is 5.75 Å². The van der Waals surface area contributed by atoms with Gasteiger partial charge in [-0.15, -0.1) is 0 Å². The van der Waals surface area contributed by atoms with Crippen molar-refractivity contribution in [2.24, 2.45) is 5.73 Å². The first-order chi connectivity index (χ1) is 10.9. The van der Waals surface area contributed by atoms with E-state index in [1.807, 2.05) is 0 Å². The summed E-state index contributed by atoms with van der Waals surface area (Å²) in [5, 5.41) is 7.55. The smallest absolute Gasteiger partial charge is 0.252 e. The van der Waals surface area contributed by atoms with Gasteiger partial charge in [0.15, 0.2) is 0 Å². The zero-order valence-corrected chi connectivity index (χ0v) is 14.7. The van der Waals surface area contributed by atoms with E-state index in [1.165, 1.54) is 7.11 Å². The highest BCUT2D eigenvalue weighted by Gasteiger charge is 2.22. The minimum Gasteiger partial charge on any atom is -0.496 e. The molecule has 1 saturated carbocycles. The molecular weight excluding hydrogens is 314 g/mol. The van der Waals surface area contributed by atoms with Crippen molar-refractivity contribution < 1.29 is 9.53 Å². The van der Waals surface area contributed by atoms with E-state index in [0.717, 1.165) is 31.4 Å². The molecule has 0 aromatic heterocycles. The van der Waals surface area contributed by atoms with Crippen LogP contribution in [0.3, 0.4) is 0 Å². The van der Waals surface area contributed by atoms with Crippen LogP contribution >= 0.6 is 11.6 Å². The van der Waals surface area contributed by atoms with Gasteiger partial charge in [-0.05, 0) is 31.7 Å². The lowest BCUT2D eigenvalue weighted by molar-refractivity contribution is 0.0997. The number of amides is 1. The van der Waals surface area contributed by atoms with E-state index >= 15 is 0 Å². The lowest BCUT2D eigenvalue weighted by Gasteiger charge is -2.31. The number of methoxy groups -OCH3 is 1. The Bertz CT molecular complexity index is 555. The topological polar surface area (TPSA) is 76.4 Å². The van der Waals surface area contributed by atoms with E-state index in [-0.39, 0.29) is 0 Å². The molecule has 0 radical (unpaired) electrons. The second-order valence-corrected chi connectivity index (χ2v) is 6.82. The Balaban J connectivity index is 2.02. The van der Waals surface area contributed by atoms with E-state index in [0.29, 0.717) is 34.5 Å². The predicted molar refractivity (Wildman–Crippen MR) is 94.5 cm³/mol. The standard InChI is InChI=1S/C17H26ClN3O2/c1-10(2)20-11-4-6-12(7-5-11)21-15-9-16(23-3)13(17(19)22)8-14(15)18/h8-12,20-21H,4-7H2,1-3H3,(H2,19,22)/t11-,12-. The van der Waals surface area contributed by atoms with Crippen LogP contribution in [-0.4, -0.2) is 31.1 Å². The molecule has 1 aliphatic rings. The third kappa shape index (κ3) is 4.75. The third-order valence-corrected chi connectivity index (χ3v) is 4.52. The molecule has 4 N–H and O–H groups in total. The van der Waals surface area contributed by atoms with Crippen molar-refractivity contribution in [3.8, 4) is 5.75 Å². The SMILES string of the molecule is COc1cc(N[C@H]2CC[C@H](NC(C)C)CC2)c(Cl)cc1C(N)=O. The van der Waals surface area contributed by atoms with Crippen LogP contribution in [0.1, 0.15) is 49.9 Å². The average Bonchev–Trinajstić information content (AvgIpc) is 2.50. The van der Waals surface area contributed by atoms with Crippen molar-refractivity contribution >= 4 is 23.2 Å². The summed E-state index contributed by atoms with van der Waals surface area (Å²) in [5.41, 5.74) is 6.43. The Kier molecular flexibility index (Phi) is 6.13. The van der Waals surface area contributed by atoms with Gasteiger partial charge in [0.2, 0.25) is 0 Å². The maximum Gasteiger partial charge on any atom is 0.252 e. The first-order valence-electron chi connectivity index (χ1n) is 8.10. The summed E-state index contributed by atoms with van der Waals surface area (Å²) in [6, 6.07) is 4.81. The van der Waals surface area contributed by atoms with E-state index in [2.05, 4.69) is 24.5 Å². The largest absolute Gasteiger partial charge is 0.496 e. The molecular formula is C17H26ClN3O2. The molecule has 1 aliphatic carbocycles. The molecule has 1 fully saturated rings. The maximum atomic E-state index is 11.4. The molecule has 0 heterocycles. The van der Waals surface area contributed by atoms with Crippen molar-refractivity contribution in [1.29, 1.82) is 0 Å². The third-order valence-electron chi connectivity index (χ3n) is 4.21. The first kappa shape index (κ1) is 17.9. The summed E-state index contributed by atoms with van der Waals surface area (Å²) in [7, 11) is 1.52. The Morgan fingerprint density at radius 2 is 1.87 bits per heavy atom. The molecule has 2 rings (SSSR count). The number of hydrogen-bond acceptors (Lipinski definition) is 4. The molecule has 1 amide bonds. The van der Waals surface area contributed by atoms with E-state index in [9.17, 15) is 4.79 Å². The molecule has 0 atom stereocenters. The summed E-state index contributed by atoms with van der Waals surface area (Å²) in [5.74, 6) is -0.102. The fraction of sp³-hybridized carbons (Fsp3) is 0.588. The summed E-state index contributed by atoms with van der Waals surface area (Å²) in [4.78, 5) is 11.4. The highest BCUT2D eigenvalue weighted by atomic mass is 35.5. The van der Waals surface area contributed by atoms with E-state index in [4.69, 9.17) is 22.1 Å². The molecule has 128 valence electrons. The van der Waals surface area contributed by atoms with E-state index in [1.54, 1.807) is 12.1 Å². The highest BCUT2D eigenvalue weighted by molar-refractivity contribution is 6.33. The molecule has 0 spiro atoms. The molecule has 1 aromatic carbocycles. The number of nitrogens with two attached hydrogens (primary N) is 1. The van der Waals surface area contributed by atoms with Gasteiger partial charge in [0, 0.05) is 24.2 Å². The molecule has 0 aliphatic heterocycles. The van der Waals surface area contributed by atoms with Gasteiger partial charge < -0.3 is 21.1 Å². The average molecular weight is 340 g/mol. The van der Waals surface area contributed by atoms with Gasteiger partial charge in [-0.25, -0.2) is 0 Å². The van der Waals surface area contributed by atoms with Gasteiger partial charge in [-0.2, -0.15) is 0 Å². The predicted octanol–water partition coefficient (Wildman–Crippen LogP) is 3.17. The number of anilines is 1. The first-order valence-corrected chi connectivity index (χ1v) is 8.48. The molecule has 1 aromatic rings. The van der Waals surface area contributed by atoms with Crippen LogP contribution in [0.4, 0.5) is 5.69 Å². The van der Waals surface area contributed by atoms with Crippen LogP contribution in [0.2, 0.25) is 5.02 Å². The molecule has 0 unspecified atom stereocenters. The lowest BCUT2D eigenvalue weighted by atomic mass is 9.90. The second kappa shape index (κ2) is 7.88. The van der Waals surface area contributed by atoms with Crippen molar-refractivity contribution in [3.63, 3.8) is 0 Å². The van der Waals surface area contributed by atoms with E-state index < -0.39 is 5.91 Å². The number of benzene rings is 1. The Morgan fingerprint density at radius 1 is 1.26 bits per heavy atom. The Hall–Kier alpha value is -1.46. The Morgan fingerprint density at radius 3 is 2.39 bits per heavy atom. The van der Waals surface area contributed by atoms with Gasteiger partial charge in [0.1, 0.15) is 5.75 Å². The lowest BCUT2D eigenvalue weighted by Crippen LogP contribution is -2.40.